The number of halogens is 1. The SMILES string of the molecule is COc1ccc2c(c1)c(C(=O)c1csc(-c3ccccn3)n1)c(C)n2Cc1ccc(Cl)cc1. The molecule has 5 aromatic rings. The topological polar surface area (TPSA) is 57.0 Å². The maximum absolute atomic E-state index is 13.7. The molecule has 0 spiro atoms. The van der Waals surface area contributed by atoms with E-state index in [1.54, 1.807) is 18.7 Å². The molecule has 0 saturated carbocycles. The zero-order valence-electron chi connectivity index (χ0n) is 18.1. The minimum atomic E-state index is -0.112. The molecule has 0 radical (unpaired) electrons. The third-order valence-electron chi connectivity index (χ3n) is 5.63. The molecule has 0 aliphatic carbocycles. The Morgan fingerprint density at radius 3 is 2.67 bits per heavy atom. The van der Waals surface area contributed by atoms with Gasteiger partial charge in [-0.2, -0.15) is 0 Å². The Balaban J connectivity index is 1.61. The number of pyridine rings is 1. The van der Waals surface area contributed by atoms with E-state index in [0.717, 1.165) is 32.9 Å². The van der Waals surface area contributed by atoms with E-state index in [-0.39, 0.29) is 5.78 Å². The number of hydrogen-bond acceptors (Lipinski definition) is 5. The van der Waals surface area contributed by atoms with E-state index in [1.165, 1.54) is 11.3 Å². The Morgan fingerprint density at radius 2 is 1.94 bits per heavy atom. The van der Waals surface area contributed by atoms with Crippen molar-refractivity contribution in [1.82, 2.24) is 14.5 Å². The Labute approximate surface area is 200 Å². The lowest BCUT2D eigenvalue weighted by atomic mass is 10.0. The number of carbonyl (C=O) groups is 1. The van der Waals surface area contributed by atoms with Gasteiger partial charge in [0.05, 0.1) is 18.4 Å². The molecule has 0 bridgehead atoms. The molecule has 0 aliphatic rings. The molecular formula is C26H20ClN3O2S. The van der Waals surface area contributed by atoms with E-state index in [9.17, 15) is 4.79 Å². The first kappa shape index (κ1) is 21.4. The lowest BCUT2D eigenvalue weighted by Crippen LogP contribution is -2.06. The standard InChI is InChI=1S/C26H20ClN3O2S/c1-16-24(25(31)22-15-33-26(29-22)21-5-3-4-12-28-21)20-13-19(32-2)10-11-23(20)30(16)14-17-6-8-18(27)9-7-17/h3-13,15H,14H2,1-2H3. The summed E-state index contributed by atoms with van der Waals surface area (Å²) in [4.78, 5) is 22.6. The number of rotatable bonds is 6. The molecule has 0 N–H and O–H groups in total. The van der Waals surface area contributed by atoms with Gasteiger partial charge >= 0.3 is 0 Å². The van der Waals surface area contributed by atoms with Crippen LogP contribution in [0.2, 0.25) is 5.02 Å². The summed E-state index contributed by atoms with van der Waals surface area (Å²) in [5, 5.41) is 4.06. The molecular weight excluding hydrogens is 454 g/mol. The summed E-state index contributed by atoms with van der Waals surface area (Å²) in [5.41, 5.74) is 4.75. The molecule has 5 nitrogen and oxygen atoms in total. The van der Waals surface area contributed by atoms with Gasteiger partial charge in [-0.3, -0.25) is 9.78 Å². The fraction of sp³-hybridized carbons (Fsp3) is 0.115. The van der Waals surface area contributed by atoms with Gasteiger partial charge in [0.1, 0.15) is 16.5 Å². The number of aromatic nitrogens is 3. The fourth-order valence-electron chi connectivity index (χ4n) is 3.96. The van der Waals surface area contributed by atoms with Crippen LogP contribution in [-0.4, -0.2) is 27.4 Å². The molecule has 0 amide bonds. The molecule has 2 aromatic carbocycles. The van der Waals surface area contributed by atoms with E-state index in [2.05, 4.69) is 14.5 Å². The molecule has 0 aliphatic heterocycles. The number of carbonyl (C=O) groups excluding carboxylic acids is 1. The van der Waals surface area contributed by atoms with Crippen LogP contribution in [0.4, 0.5) is 0 Å². The lowest BCUT2D eigenvalue weighted by Gasteiger charge is -2.09. The summed E-state index contributed by atoms with van der Waals surface area (Å²) < 4.78 is 7.60. The molecule has 0 atom stereocenters. The van der Waals surface area contributed by atoms with Crippen molar-refractivity contribution in [2.75, 3.05) is 7.11 Å². The smallest absolute Gasteiger partial charge is 0.214 e. The number of ether oxygens (including phenoxy) is 1. The Bertz CT molecular complexity index is 1460. The molecule has 164 valence electrons. The summed E-state index contributed by atoms with van der Waals surface area (Å²) in [6, 6.07) is 19.2. The van der Waals surface area contributed by atoms with E-state index < -0.39 is 0 Å². The Kier molecular flexibility index (Phi) is 5.70. The highest BCUT2D eigenvalue weighted by atomic mass is 35.5. The van der Waals surface area contributed by atoms with Crippen molar-refractivity contribution >= 4 is 39.6 Å². The van der Waals surface area contributed by atoms with Crippen LogP contribution in [0.5, 0.6) is 5.75 Å². The normalized spacial score (nSPS) is 11.1. The van der Waals surface area contributed by atoms with E-state index in [4.69, 9.17) is 16.3 Å². The van der Waals surface area contributed by atoms with Crippen molar-refractivity contribution in [3.05, 3.63) is 99.8 Å². The van der Waals surface area contributed by atoms with Crippen LogP contribution in [-0.2, 0) is 6.54 Å². The average Bonchev–Trinajstić information content (AvgIpc) is 3.44. The summed E-state index contributed by atoms with van der Waals surface area (Å²) in [6.45, 7) is 2.59. The molecule has 7 heteroatoms. The van der Waals surface area contributed by atoms with Crippen LogP contribution < -0.4 is 4.74 Å². The summed E-state index contributed by atoms with van der Waals surface area (Å²) in [7, 11) is 1.62. The second kappa shape index (κ2) is 8.81. The predicted octanol–water partition coefficient (Wildman–Crippen LogP) is 6.41. The van der Waals surface area contributed by atoms with Crippen LogP contribution >= 0.6 is 22.9 Å². The second-order valence-corrected chi connectivity index (χ2v) is 8.93. The van der Waals surface area contributed by atoms with Gasteiger partial charge in [0.2, 0.25) is 5.78 Å². The van der Waals surface area contributed by atoms with Gasteiger partial charge in [0.25, 0.3) is 0 Å². The van der Waals surface area contributed by atoms with Crippen molar-refractivity contribution in [1.29, 1.82) is 0 Å². The largest absolute Gasteiger partial charge is 0.497 e. The maximum atomic E-state index is 13.7. The monoisotopic (exact) mass is 473 g/mol. The Hall–Kier alpha value is -3.48. The third kappa shape index (κ3) is 4.03. The second-order valence-electron chi connectivity index (χ2n) is 7.64. The average molecular weight is 474 g/mol. The minimum absolute atomic E-state index is 0.112. The van der Waals surface area contributed by atoms with Gasteiger partial charge in [-0.05, 0) is 55.0 Å². The third-order valence-corrected chi connectivity index (χ3v) is 6.75. The molecule has 5 rings (SSSR count). The summed E-state index contributed by atoms with van der Waals surface area (Å²) >= 11 is 7.48. The van der Waals surface area contributed by atoms with Gasteiger partial charge in [-0.25, -0.2) is 4.98 Å². The fourth-order valence-corrected chi connectivity index (χ4v) is 4.87. The molecule has 0 saturated heterocycles. The van der Waals surface area contributed by atoms with Crippen molar-refractivity contribution in [3.63, 3.8) is 0 Å². The highest BCUT2D eigenvalue weighted by molar-refractivity contribution is 7.13. The lowest BCUT2D eigenvalue weighted by molar-refractivity contribution is 0.103. The van der Waals surface area contributed by atoms with E-state index in [1.807, 2.05) is 67.6 Å². The van der Waals surface area contributed by atoms with Crippen molar-refractivity contribution < 1.29 is 9.53 Å². The van der Waals surface area contributed by atoms with Crippen molar-refractivity contribution in [3.8, 4) is 16.5 Å². The van der Waals surface area contributed by atoms with E-state index >= 15 is 0 Å². The van der Waals surface area contributed by atoms with Gasteiger partial charge in [-0.1, -0.05) is 29.8 Å². The predicted molar refractivity (Wildman–Crippen MR) is 133 cm³/mol. The molecule has 0 unspecified atom stereocenters. The van der Waals surface area contributed by atoms with Crippen LogP contribution in [0.1, 0.15) is 27.3 Å². The molecule has 3 heterocycles. The quantitative estimate of drug-likeness (QED) is 0.267. The molecule has 33 heavy (non-hydrogen) atoms. The maximum Gasteiger partial charge on any atom is 0.214 e. The minimum Gasteiger partial charge on any atom is -0.497 e. The first-order chi connectivity index (χ1) is 16.0. The van der Waals surface area contributed by atoms with Gasteiger partial charge in [0.15, 0.2) is 0 Å². The number of hydrogen-bond donors (Lipinski definition) is 0. The molecule has 0 fully saturated rings. The summed E-state index contributed by atoms with van der Waals surface area (Å²) in [6.07, 6.45) is 1.72. The highest BCUT2D eigenvalue weighted by Crippen LogP contribution is 2.33. The van der Waals surface area contributed by atoms with Gasteiger partial charge < -0.3 is 9.30 Å². The van der Waals surface area contributed by atoms with Crippen molar-refractivity contribution in [2.45, 2.75) is 13.5 Å². The van der Waals surface area contributed by atoms with Gasteiger partial charge in [-0.15, -0.1) is 11.3 Å². The number of fused-ring (bicyclic) bond motifs is 1. The number of methoxy groups -OCH3 is 1. The van der Waals surface area contributed by atoms with Crippen LogP contribution in [0.25, 0.3) is 21.6 Å². The van der Waals surface area contributed by atoms with E-state index in [0.29, 0.717) is 28.6 Å². The summed E-state index contributed by atoms with van der Waals surface area (Å²) in [5.74, 6) is 0.590. The Morgan fingerprint density at radius 1 is 1.12 bits per heavy atom. The van der Waals surface area contributed by atoms with Crippen LogP contribution in [0.3, 0.4) is 0 Å². The van der Waals surface area contributed by atoms with Crippen LogP contribution in [0.15, 0.2) is 72.2 Å². The van der Waals surface area contributed by atoms with Gasteiger partial charge in [0, 0.05) is 39.7 Å². The highest BCUT2D eigenvalue weighted by Gasteiger charge is 2.24. The zero-order valence-corrected chi connectivity index (χ0v) is 19.7. The number of thiazole rings is 1. The molecule has 3 aromatic heterocycles. The van der Waals surface area contributed by atoms with Crippen LogP contribution in [0, 0.1) is 6.92 Å². The first-order valence-electron chi connectivity index (χ1n) is 10.4. The van der Waals surface area contributed by atoms with Crippen molar-refractivity contribution in [2.24, 2.45) is 0 Å². The number of nitrogens with zero attached hydrogens (tertiary/aromatic N) is 3. The zero-order chi connectivity index (χ0) is 22.9. The first-order valence-corrected chi connectivity index (χ1v) is 11.6. The number of ketones is 1. The number of benzene rings is 2.